The number of hydrogen-bond acceptors (Lipinski definition) is 10. The molecule has 136 valence electrons. The third-order valence-corrected chi connectivity index (χ3v) is 2.82. The SMILES string of the molecule is O=C(OCCC[C@H](CO[N+](=O)[O-])O[N+](=O)[O-])c1ccc([N+](=O)[O-])cc1. The summed E-state index contributed by atoms with van der Waals surface area (Å²) < 4.78 is 4.90. The van der Waals surface area contributed by atoms with Gasteiger partial charge >= 0.3 is 5.97 Å². The molecule has 0 amide bonds. The summed E-state index contributed by atoms with van der Waals surface area (Å²) in [7, 11) is 0. The van der Waals surface area contributed by atoms with Crippen molar-refractivity contribution in [2.45, 2.75) is 18.9 Å². The van der Waals surface area contributed by atoms with Crippen LogP contribution < -0.4 is 0 Å². The fourth-order valence-electron chi connectivity index (χ4n) is 1.71. The van der Waals surface area contributed by atoms with Gasteiger partial charge in [-0.2, -0.15) is 0 Å². The average molecular weight is 359 g/mol. The van der Waals surface area contributed by atoms with E-state index in [0.717, 1.165) is 12.1 Å². The van der Waals surface area contributed by atoms with E-state index < -0.39 is 33.8 Å². The van der Waals surface area contributed by atoms with Gasteiger partial charge in [0.25, 0.3) is 15.9 Å². The molecule has 0 fully saturated rings. The molecule has 1 aromatic rings. The first-order valence-electron chi connectivity index (χ1n) is 6.79. The largest absolute Gasteiger partial charge is 0.462 e. The van der Waals surface area contributed by atoms with Crippen molar-refractivity contribution in [3.8, 4) is 0 Å². The van der Waals surface area contributed by atoms with Crippen molar-refractivity contribution in [2.75, 3.05) is 13.2 Å². The van der Waals surface area contributed by atoms with E-state index in [0.29, 0.717) is 0 Å². The fraction of sp³-hybridized carbons (Fsp3) is 0.417. The van der Waals surface area contributed by atoms with Crippen LogP contribution in [0, 0.1) is 30.3 Å². The Labute approximate surface area is 139 Å². The minimum atomic E-state index is -1.18. The van der Waals surface area contributed by atoms with E-state index in [9.17, 15) is 35.1 Å². The van der Waals surface area contributed by atoms with Gasteiger partial charge in [0, 0.05) is 12.1 Å². The molecule has 13 nitrogen and oxygen atoms in total. The fourth-order valence-corrected chi connectivity index (χ4v) is 1.71. The van der Waals surface area contributed by atoms with E-state index in [-0.39, 0.29) is 30.7 Å². The van der Waals surface area contributed by atoms with Gasteiger partial charge in [0.15, 0.2) is 0 Å². The lowest BCUT2D eigenvalue weighted by Crippen LogP contribution is -2.25. The lowest BCUT2D eigenvalue weighted by Gasteiger charge is -2.13. The van der Waals surface area contributed by atoms with Crippen molar-refractivity contribution in [3.63, 3.8) is 0 Å². The smallest absolute Gasteiger partial charge is 0.338 e. The Morgan fingerprint density at radius 3 is 2.20 bits per heavy atom. The van der Waals surface area contributed by atoms with Crippen LogP contribution >= 0.6 is 0 Å². The molecule has 25 heavy (non-hydrogen) atoms. The number of hydrogen-bond donors (Lipinski definition) is 0. The summed E-state index contributed by atoms with van der Waals surface area (Å²) >= 11 is 0. The molecule has 1 atom stereocenters. The first-order valence-corrected chi connectivity index (χ1v) is 6.79. The zero-order chi connectivity index (χ0) is 18.8. The number of nitrogens with zero attached hydrogens (tertiary/aromatic N) is 3. The van der Waals surface area contributed by atoms with Crippen molar-refractivity contribution in [1.29, 1.82) is 0 Å². The molecule has 0 aliphatic heterocycles. The minimum absolute atomic E-state index is 0.0254. The van der Waals surface area contributed by atoms with Crippen molar-refractivity contribution in [3.05, 3.63) is 60.2 Å². The molecule has 0 unspecified atom stereocenters. The van der Waals surface area contributed by atoms with Crippen LogP contribution in [0.3, 0.4) is 0 Å². The summed E-state index contributed by atoms with van der Waals surface area (Å²) in [4.78, 5) is 50.2. The lowest BCUT2D eigenvalue weighted by molar-refractivity contribution is -0.790. The normalized spacial score (nSPS) is 11.2. The van der Waals surface area contributed by atoms with E-state index >= 15 is 0 Å². The van der Waals surface area contributed by atoms with E-state index in [2.05, 4.69) is 9.68 Å². The van der Waals surface area contributed by atoms with Crippen molar-refractivity contribution < 1.29 is 34.3 Å². The monoisotopic (exact) mass is 359 g/mol. The Hall–Kier alpha value is -3.51. The Bertz CT molecular complexity index is 633. The summed E-state index contributed by atoms with van der Waals surface area (Å²) in [5, 5.41) is 28.7. The molecule has 0 aromatic heterocycles. The third-order valence-electron chi connectivity index (χ3n) is 2.82. The Morgan fingerprint density at radius 1 is 1.04 bits per heavy atom. The number of carbonyl (C=O) groups is 1. The van der Waals surface area contributed by atoms with Crippen LogP contribution in [-0.4, -0.2) is 40.4 Å². The van der Waals surface area contributed by atoms with Crippen molar-refractivity contribution >= 4 is 11.7 Å². The predicted molar refractivity (Wildman–Crippen MR) is 77.4 cm³/mol. The van der Waals surface area contributed by atoms with Gasteiger partial charge in [0.1, 0.15) is 12.7 Å². The van der Waals surface area contributed by atoms with Crippen LogP contribution in [0.4, 0.5) is 5.69 Å². The Morgan fingerprint density at radius 2 is 1.68 bits per heavy atom. The van der Waals surface area contributed by atoms with Crippen LogP contribution in [0.2, 0.25) is 0 Å². The molecule has 0 radical (unpaired) electrons. The highest BCUT2D eigenvalue weighted by Crippen LogP contribution is 2.13. The number of rotatable bonds is 11. The van der Waals surface area contributed by atoms with Gasteiger partial charge in [-0.05, 0) is 25.0 Å². The van der Waals surface area contributed by atoms with Gasteiger partial charge in [-0.25, -0.2) is 4.79 Å². The highest BCUT2D eigenvalue weighted by Gasteiger charge is 2.16. The summed E-state index contributed by atoms with van der Waals surface area (Å²) in [5.41, 5.74) is -0.0810. The van der Waals surface area contributed by atoms with Crippen molar-refractivity contribution in [2.24, 2.45) is 0 Å². The molecule has 1 rings (SSSR count). The molecule has 1 aromatic carbocycles. The maximum Gasteiger partial charge on any atom is 0.338 e. The van der Waals surface area contributed by atoms with Gasteiger partial charge in [0.05, 0.1) is 17.1 Å². The first-order chi connectivity index (χ1) is 11.8. The second-order valence-electron chi connectivity index (χ2n) is 4.55. The Kier molecular flexibility index (Phi) is 7.49. The average Bonchev–Trinajstić information content (AvgIpc) is 2.55. The summed E-state index contributed by atoms with van der Waals surface area (Å²) in [6.45, 7) is -0.768. The zero-order valence-corrected chi connectivity index (χ0v) is 12.6. The number of nitro groups is 1. The van der Waals surface area contributed by atoms with E-state index in [1.807, 2.05) is 0 Å². The summed E-state index contributed by atoms with van der Waals surface area (Å²) in [5.74, 6) is -0.733. The molecule has 0 spiro atoms. The maximum atomic E-state index is 11.7. The second-order valence-corrected chi connectivity index (χ2v) is 4.55. The number of carbonyl (C=O) groups excluding carboxylic acids is 1. The maximum absolute atomic E-state index is 11.7. The molecule has 0 aliphatic carbocycles. The zero-order valence-electron chi connectivity index (χ0n) is 12.6. The third kappa shape index (κ3) is 7.54. The molecule has 0 bridgehead atoms. The molecule has 0 N–H and O–H groups in total. The highest BCUT2D eigenvalue weighted by molar-refractivity contribution is 5.89. The molecule has 0 heterocycles. The van der Waals surface area contributed by atoms with Gasteiger partial charge < -0.3 is 14.4 Å². The number of nitro benzene ring substituents is 1. The van der Waals surface area contributed by atoms with Crippen LogP contribution in [0.15, 0.2) is 24.3 Å². The lowest BCUT2D eigenvalue weighted by atomic mass is 10.2. The number of esters is 1. The summed E-state index contributed by atoms with van der Waals surface area (Å²) in [6, 6.07) is 4.74. The van der Waals surface area contributed by atoms with Crippen LogP contribution in [0.25, 0.3) is 0 Å². The van der Waals surface area contributed by atoms with Crippen LogP contribution in [0.1, 0.15) is 23.2 Å². The van der Waals surface area contributed by atoms with E-state index in [1.165, 1.54) is 12.1 Å². The molecule has 0 saturated carbocycles. The van der Waals surface area contributed by atoms with Crippen LogP contribution in [0.5, 0.6) is 0 Å². The van der Waals surface area contributed by atoms with E-state index in [1.54, 1.807) is 0 Å². The number of benzene rings is 1. The van der Waals surface area contributed by atoms with Gasteiger partial charge in [0.2, 0.25) is 0 Å². The topological polar surface area (TPSA) is 174 Å². The number of ether oxygens (including phenoxy) is 1. The molecule has 0 saturated heterocycles. The molecule has 0 aliphatic rings. The quantitative estimate of drug-likeness (QED) is 0.242. The van der Waals surface area contributed by atoms with Gasteiger partial charge in [-0.3, -0.25) is 10.1 Å². The summed E-state index contributed by atoms with van der Waals surface area (Å²) in [6.07, 6.45) is -1.08. The van der Waals surface area contributed by atoms with Gasteiger partial charge in [-0.15, -0.1) is 20.2 Å². The molecular weight excluding hydrogens is 346 g/mol. The number of non-ortho nitro benzene ring substituents is 1. The van der Waals surface area contributed by atoms with Crippen LogP contribution in [-0.2, 0) is 14.4 Å². The van der Waals surface area contributed by atoms with Crippen molar-refractivity contribution in [1.82, 2.24) is 0 Å². The van der Waals surface area contributed by atoms with E-state index in [4.69, 9.17) is 4.74 Å². The molecular formula is C12H13N3O10. The standard InChI is InChI=1S/C12H13N3O10/c16-12(9-3-5-10(6-4-9)13(17)18)23-7-1-2-11(25-15(21)22)8-24-14(19)20/h3-6,11H,1-2,7-8H2/t11-/m1/s1. The first kappa shape index (κ1) is 19.5. The minimum Gasteiger partial charge on any atom is -0.462 e. The second kappa shape index (κ2) is 9.59. The van der Waals surface area contributed by atoms with Gasteiger partial charge in [-0.1, -0.05) is 0 Å². The predicted octanol–water partition coefficient (Wildman–Crippen LogP) is 1.32. The highest BCUT2D eigenvalue weighted by atomic mass is 17.0. The molecule has 13 heteroatoms. The Balaban J connectivity index is 2.40.